The van der Waals surface area contributed by atoms with Gasteiger partial charge in [-0.25, -0.2) is 0 Å². The van der Waals surface area contributed by atoms with Crippen molar-refractivity contribution in [3.05, 3.63) is 147 Å². The largest absolute Gasteiger partial charge is 0.311 e. The third-order valence-corrected chi connectivity index (χ3v) is 15.0. The van der Waals surface area contributed by atoms with Crippen molar-refractivity contribution < 1.29 is 0 Å². The monoisotopic (exact) mass is 829 g/mol. The third-order valence-electron chi connectivity index (χ3n) is 15.0. The van der Waals surface area contributed by atoms with Crippen molar-refractivity contribution in [3.8, 4) is 11.1 Å². The van der Waals surface area contributed by atoms with Crippen LogP contribution in [-0.4, -0.2) is 6.71 Å². The van der Waals surface area contributed by atoms with E-state index in [1.807, 2.05) is 0 Å². The van der Waals surface area contributed by atoms with Gasteiger partial charge < -0.3 is 9.80 Å². The van der Waals surface area contributed by atoms with E-state index in [0.29, 0.717) is 0 Å². The van der Waals surface area contributed by atoms with E-state index in [1.54, 1.807) is 22.3 Å². The van der Waals surface area contributed by atoms with Gasteiger partial charge in [0.25, 0.3) is 6.71 Å². The molecule has 2 aliphatic carbocycles. The van der Waals surface area contributed by atoms with Gasteiger partial charge in [-0.2, -0.15) is 0 Å². The number of benzene rings is 6. The van der Waals surface area contributed by atoms with Gasteiger partial charge in [0.05, 0.1) is 0 Å². The van der Waals surface area contributed by atoms with Gasteiger partial charge in [0.15, 0.2) is 0 Å². The Bertz CT molecular complexity index is 2790. The van der Waals surface area contributed by atoms with Crippen LogP contribution in [0.3, 0.4) is 0 Å². The molecule has 0 spiro atoms. The van der Waals surface area contributed by atoms with Crippen LogP contribution in [0, 0.1) is 0 Å². The lowest BCUT2D eigenvalue weighted by Gasteiger charge is -2.46. The lowest BCUT2D eigenvalue weighted by atomic mass is 9.33. The van der Waals surface area contributed by atoms with Crippen molar-refractivity contribution in [2.75, 3.05) is 9.80 Å². The van der Waals surface area contributed by atoms with Crippen molar-refractivity contribution in [2.45, 2.75) is 157 Å². The normalized spacial score (nSPS) is 15.5. The van der Waals surface area contributed by atoms with E-state index in [9.17, 15) is 0 Å². The number of aryl methyl sites for hydroxylation is 2. The molecule has 0 saturated heterocycles. The number of anilines is 6. The van der Waals surface area contributed by atoms with Gasteiger partial charge in [0, 0.05) is 34.1 Å². The lowest BCUT2D eigenvalue weighted by Crippen LogP contribution is -2.61. The minimum Gasteiger partial charge on any atom is -0.311 e. The first-order valence-electron chi connectivity index (χ1n) is 23.9. The van der Waals surface area contributed by atoms with Gasteiger partial charge in [-0.3, -0.25) is 0 Å². The second-order valence-electron chi connectivity index (χ2n) is 24.7. The topological polar surface area (TPSA) is 6.48 Å². The molecule has 0 N–H and O–H groups in total. The molecule has 0 atom stereocenters. The number of rotatable bonds is 3. The highest BCUT2D eigenvalue weighted by molar-refractivity contribution is 7.00. The van der Waals surface area contributed by atoms with E-state index >= 15 is 0 Å². The van der Waals surface area contributed by atoms with Crippen LogP contribution in [0.2, 0.25) is 0 Å². The minimum absolute atomic E-state index is 0.00535. The number of fused-ring (bicyclic) bond motifs is 6. The zero-order chi connectivity index (χ0) is 44.9. The molecule has 0 radical (unpaired) electrons. The molecule has 6 aromatic rings. The predicted octanol–water partition coefficient (Wildman–Crippen LogP) is 14.1. The summed E-state index contributed by atoms with van der Waals surface area (Å²) in [5.74, 6) is 0. The fourth-order valence-electron chi connectivity index (χ4n) is 10.8. The van der Waals surface area contributed by atoms with Crippen molar-refractivity contribution in [1.29, 1.82) is 0 Å². The first-order chi connectivity index (χ1) is 29.4. The van der Waals surface area contributed by atoms with Gasteiger partial charge in [0.1, 0.15) is 0 Å². The second kappa shape index (κ2) is 13.7. The summed E-state index contributed by atoms with van der Waals surface area (Å²) < 4.78 is 0. The number of nitrogens with zero attached hydrogens (tertiary/aromatic N) is 2. The summed E-state index contributed by atoms with van der Waals surface area (Å²) >= 11 is 0. The average molecular weight is 829 g/mol. The SMILES string of the molecule is CC(C)(C)c1ccc(N2c3ccc(C(C)(C)C)cc3B3c4ccc(C(C)(C)C)cc4N(c4cc(C(C)(C)C)cc(C(C)(C)C)c4)c4cc(-c5c6c(cc7c5CC7)CC6)cc2c43)cc1. The predicted molar refractivity (Wildman–Crippen MR) is 274 cm³/mol. The quantitative estimate of drug-likeness (QED) is 0.164. The zero-order valence-electron chi connectivity index (χ0n) is 41.0. The molecule has 0 fully saturated rings. The van der Waals surface area contributed by atoms with E-state index in [4.69, 9.17) is 0 Å². The highest BCUT2D eigenvalue weighted by Gasteiger charge is 2.45. The second-order valence-corrected chi connectivity index (χ2v) is 24.7. The summed E-state index contributed by atoms with van der Waals surface area (Å²) in [5, 5.41) is 0. The molecule has 2 heterocycles. The molecular formula is C60H69BN2. The summed E-state index contributed by atoms with van der Waals surface area (Å²) in [6.45, 7) is 35.4. The van der Waals surface area contributed by atoms with E-state index < -0.39 is 0 Å². The molecule has 6 aromatic carbocycles. The Morgan fingerprint density at radius 1 is 0.365 bits per heavy atom. The van der Waals surface area contributed by atoms with Crippen LogP contribution >= 0.6 is 0 Å². The highest BCUT2D eigenvalue weighted by Crippen LogP contribution is 2.51. The number of hydrogen-bond acceptors (Lipinski definition) is 2. The molecule has 3 heteroatoms. The first-order valence-corrected chi connectivity index (χ1v) is 23.9. The molecule has 2 aliphatic heterocycles. The van der Waals surface area contributed by atoms with Crippen LogP contribution in [0.4, 0.5) is 34.1 Å². The Kier molecular flexibility index (Phi) is 9.16. The fraction of sp³-hybridized carbons (Fsp3) is 0.400. The first kappa shape index (κ1) is 42.0. The molecule has 0 amide bonds. The molecule has 4 aliphatic rings. The van der Waals surface area contributed by atoms with Crippen molar-refractivity contribution in [3.63, 3.8) is 0 Å². The number of hydrogen-bond donors (Lipinski definition) is 0. The van der Waals surface area contributed by atoms with Crippen molar-refractivity contribution >= 4 is 57.2 Å². The zero-order valence-corrected chi connectivity index (χ0v) is 41.0. The molecule has 0 bridgehead atoms. The maximum absolute atomic E-state index is 2.70. The fourth-order valence-corrected chi connectivity index (χ4v) is 10.8. The maximum Gasteiger partial charge on any atom is 0.252 e. The van der Waals surface area contributed by atoms with Crippen LogP contribution in [0.25, 0.3) is 11.1 Å². The standard InChI is InChI=1S/C60H69BN2/c1-56(2,3)39-18-22-44(23-19-39)62-50-27-21-40(57(4,5)6)34-49(50)61-48-26-20-41(58(7,8)9)35-51(48)63(45-32-42(59(10,11)12)31-43(33-45)60(13,14)15)53-30-38(29-52(62)55(53)61)54-46-24-16-36(46)28-37-17-25-47(37)54/h18-23,26-35H,16-17,24-25H2,1-15H3. The molecule has 0 saturated carbocycles. The highest BCUT2D eigenvalue weighted by atomic mass is 15.2. The van der Waals surface area contributed by atoms with Gasteiger partial charge in [-0.05, 0) is 179 Å². The molecule has 0 unspecified atom stereocenters. The third kappa shape index (κ3) is 6.82. The van der Waals surface area contributed by atoms with Gasteiger partial charge in [-0.1, -0.05) is 152 Å². The Balaban J connectivity index is 1.36. The molecule has 322 valence electrons. The average Bonchev–Trinajstić information content (AvgIpc) is 3.17. The van der Waals surface area contributed by atoms with Crippen LogP contribution in [0.1, 0.15) is 154 Å². The van der Waals surface area contributed by atoms with E-state index in [1.165, 1.54) is 102 Å². The summed E-state index contributed by atoms with van der Waals surface area (Å²) in [6, 6.07) is 39.7. The summed E-state index contributed by atoms with van der Waals surface area (Å²) in [6.07, 6.45) is 4.70. The van der Waals surface area contributed by atoms with Gasteiger partial charge in [-0.15, -0.1) is 0 Å². The van der Waals surface area contributed by atoms with Crippen molar-refractivity contribution in [2.24, 2.45) is 0 Å². The summed E-state index contributed by atoms with van der Waals surface area (Å²) in [7, 11) is 0. The molecule has 0 aromatic heterocycles. The van der Waals surface area contributed by atoms with E-state index in [-0.39, 0.29) is 33.8 Å². The smallest absolute Gasteiger partial charge is 0.252 e. The Hall–Kier alpha value is -5.02. The van der Waals surface area contributed by atoms with Crippen LogP contribution in [0.15, 0.2) is 97.1 Å². The van der Waals surface area contributed by atoms with Crippen LogP contribution in [-0.2, 0) is 52.8 Å². The van der Waals surface area contributed by atoms with Gasteiger partial charge >= 0.3 is 0 Å². The summed E-state index contributed by atoms with van der Waals surface area (Å²) in [4.78, 5) is 5.34. The lowest BCUT2D eigenvalue weighted by molar-refractivity contribution is 0.568. The van der Waals surface area contributed by atoms with Crippen LogP contribution < -0.4 is 26.2 Å². The molecule has 2 nitrogen and oxygen atoms in total. The molecule has 63 heavy (non-hydrogen) atoms. The summed E-state index contributed by atoms with van der Waals surface area (Å²) in [5.41, 5.74) is 27.8. The minimum atomic E-state index is -0.0291. The molecular weight excluding hydrogens is 759 g/mol. The molecule has 10 rings (SSSR count). The van der Waals surface area contributed by atoms with Crippen molar-refractivity contribution in [1.82, 2.24) is 0 Å². The Morgan fingerprint density at radius 3 is 1.33 bits per heavy atom. The van der Waals surface area contributed by atoms with E-state index in [2.05, 4.69) is 211 Å². The van der Waals surface area contributed by atoms with E-state index in [0.717, 1.165) is 12.8 Å². The van der Waals surface area contributed by atoms with Crippen LogP contribution in [0.5, 0.6) is 0 Å². The Labute approximate surface area is 380 Å². The maximum atomic E-state index is 2.70. The Morgan fingerprint density at radius 2 is 0.841 bits per heavy atom. The van der Waals surface area contributed by atoms with Gasteiger partial charge in [0.2, 0.25) is 0 Å².